The largest absolute Gasteiger partial charge is 0.493 e. The van der Waals surface area contributed by atoms with Crippen LogP contribution in [-0.2, 0) is 4.74 Å². The number of nitrogens with two attached hydrogens (primary N) is 1. The minimum atomic E-state index is 0.351. The standard InChI is InChI=1S/C13H16BrNO2S/c14-10-2-1-3-11(12(10)13(15)18)17-8-9-4-6-16-7-5-9/h1-3,9H,4-8H2,(H2,15,18). The molecule has 18 heavy (non-hydrogen) atoms. The highest BCUT2D eigenvalue weighted by Crippen LogP contribution is 2.27. The number of ether oxygens (including phenoxy) is 2. The van der Waals surface area contributed by atoms with Crippen molar-refractivity contribution >= 4 is 33.1 Å². The molecule has 1 aromatic carbocycles. The van der Waals surface area contributed by atoms with Crippen LogP contribution in [0.15, 0.2) is 22.7 Å². The van der Waals surface area contributed by atoms with Gasteiger partial charge in [-0.05, 0) is 46.8 Å². The van der Waals surface area contributed by atoms with Gasteiger partial charge < -0.3 is 15.2 Å². The summed E-state index contributed by atoms with van der Waals surface area (Å²) in [5.74, 6) is 1.31. The highest BCUT2D eigenvalue weighted by atomic mass is 79.9. The Kier molecular flexibility index (Phi) is 4.97. The van der Waals surface area contributed by atoms with Crippen molar-refractivity contribution in [1.82, 2.24) is 0 Å². The summed E-state index contributed by atoms with van der Waals surface area (Å²) >= 11 is 8.50. The number of thiocarbonyl (C=S) groups is 1. The second-order valence-electron chi connectivity index (χ2n) is 4.34. The van der Waals surface area contributed by atoms with Crippen molar-refractivity contribution in [3.63, 3.8) is 0 Å². The van der Waals surface area contributed by atoms with Gasteiger partial charge in [0, 0.05) is 17.7 Å². The van der Waals surface area contributed by atoms with Gasteiger partial charge >= 0.3 is 0 Å². The summed E-state index contributed by atoms with van der Waals surface area (Å²) in [5.41, 5.74) is 6.50. The van der Waals surface area contributed by atoms with Crippen LogP contribution in [0.3, 0.4) is 0 Å². The van der Waals surface area contributed by atoms with Gasteiger partial charge in [-0.25, -0.2) is 0 Å². The first kappa shape index (κ1) is 13.8. The molecule has 1 aromatic rings. The minimum absolute atomic E-state index is 0.351. The first-order chi connectivity index (χ1) is 8.68. The molecule has 2 N–H and O–H groups in total. The van der Waals surface area contributed by atoms with E-state index in [2.05, 4.69) is 15.9 Å². The summed E-state index contributed by atoms with van der Waals surface area (Å²) in [6, 6.07) is 5.74. The molecule has 0 unspecified atom stereocenters. The lowest BCUT2D eigenvalue weighted by Crippen LogP contribution is -2.22. The Hall–Kier alpha value is -0.650. The molecule has 2 rings (SSSR count). The molecule has 5 heteroatoms. The van der Waals surface area contributed by atoms with E-state index in [-0.39, 0.29) is 0 Å². The van der Waals surface area contributed by atoms with Crippen LogP contribution in [0.25, 0.3) is 0 Å². The highest BCUT2D eigenvalue weighted by molar-refractivity contribution is 9.10. The number of benzene rings is 1. The number of halogens is 1. The van der Waals surface area contributed by atoms with Crippen molar-refractivity contribution in [1.29, 1.82) is 0 Å². The van der Waals surface area contributed by atoms with Crippen molar-refractivity contribution in [3.05, 3.63) is 28.2 Å². The second kappa shape index (κ2) is 6.50. The zero-order chi connectivity index (χ0) is 13.0. The Labute approximate surface area is 121 Å². The second-order valence-corrected chi connectivity index (χ2v) is 5.64. The van der Waals surface area contributed by atoms with E-state index in [0.717, 1.165) is 41.8 Å². The van der Waals surface area contributed by atoms with Gasteiger partial charge in [-0.15, -0.1) is 0 Å². The first-order valence-corrected chi connectivity index (χ1v) is 7.17. The Balaban J connectivity index is 2.04. The fourth-order valence-electron chi connectivity index (χ4n) is 1.98. The molecule has 3 nitrogen and oxygen atoms in total. The summed E-state index contributed by atoms with van der Waals surface area (Å²) in [4.78, 5) is 0.351. The molecule has 1 saturated heterocycles. The normalized spacial score (nSPS) is 16.5. The zero-order valence-electron chi connectivity index (χ0n) is 10.0. The van der Waals surface area contributed by atoms with Gasteiger partial charge in [-0.2, -0.15) is 0 Å². The molecule has 1 aliphatic rings. The van der Waals surface area contributed by atoms with E-state index in [1.807, 2.05) is 18.2 Å². The molecule has 1 aliphatic heterocycles. The zero-order valence-corrected chi connectivity index (χ0v) is 12.4. The number of rotatable bonds is 4. The molecule has 0 amide bonds. The fourth-order valence-corrected chi connectivity index (χ4v) is 2.89. The lowest BCUT2D eigenvalue weighted by molar-refractivity contribution is 0.0497. The van der Waals surface area contributed by atoms with Gasteiger partial charge in [0.05, 0.1) is 12.2 Å². The van der Waals surface area contributed by atoms with E-state index in [9.17, 15) is 0 Å². The van der Waals surface area contributed by atoms with Crippen LogP contribution >= 0.6 is 28.1 Å². The molecular weight excluding hydrogens is 314 g/mol. The molecular formula is C13H16BrNO2S. The summed E-state index contributed by atoms with van der Waals surface area (Å²) in [6.07, 6.45) is 2.10. The van der Waals surface area contributed by atoms with Gasteiger partial charge in [0.25, 0.3) is 0 Å². The molecule has 0 aliphatic carbocycles. The van der Waals surface area contributed by atoms with Crippen molar-refractivity contribution in [2.75, 3.05) is 19.8 Å². The van der Waals surface area contributed by atoms with E-state index in [1.165, 1.54) is 0 Å². The molecule has 1 heterocycles. The van der Waals surface area contributed by atoms with Gasteiger partial charge in [0.2, 0.25) is 0 Å². The molecule has 0 radical (unpaired) electrons. The number of hydrogen-bond acceptors (Lipinski definition) is 3. The van der Waals surface area contributed by atoms with Crippen LogP contribution < -0.4 is 10.5 Å². The minimum Gasteiger partial charge on any atom is -0.493 e. The third kappa shape index (κ3) is 3.43. The third-order valence-corrected chi connectivity index (χ3v) is 3.90. The predicted molar refractivity (Wildman–Crippen MR) is 79.1 cm³/mol. The molecule has 1 fully saturated rings. The maximum absolute atomic E-state index is 5.87. The Morgan fingerprint density at radius 1 is 1.44 bits per heavy atom. The van der Waals surface area contributed by atoms with E-state index < -0.39 is 0 Å². The topological polar surface area (TPSA) is 44.5 Å². The van der Waals surface area contributed by atoms with Gasteiger partial charge in [0.15, 0.2) is 0 Å². The monoisotopic (exact) mass is 329 g/mol. The van der Waals surface area contributed by atoms with Crippen LogP contribution in [0.4, 0.5) is 0 Å². The first-order valence-electron chi connectivity index (χ1n) is 5.97. The third-order valence-electron chi connectivity index (χ3n) is 3.04. The van der Waals surface area contributed by atoms with Crippen molar-refractivity contribution in [3.8, 4) is 5.75 Å². The lowest BCUT2D eigenvalue weighted by atomic mass is 10.0. The van der Waals surface area contributed by atoms with Gasteiger partial charge in [0.1, 0.15) is 10.7 Å². The summed E-state index contributed by atoms with van der Waals surface area (Å²) in [5, 5.41) is 0. The van der Waals surface area contributed by atoms with Crippen LogP contribution in [0.1, 0.15) is 18.4 Å². The molecule has 0 bridgehead atoms. The average molecular weight is 330 g/mol. The molecule has 98 valence electrons. The van der Waals surface area contributed by atoms with Crippen molar-refractivity contribution in [2.45, 2.75) is 12.8 Å². The van der Waals surface area contributed by atoms with E-state index >= 15 is 0 Å². The Bertz CT molecular complexity index is 433. The van der Waals surface area contributed by atoms with E-state index in [4.69, 9.17) is 27.4 Å². The molecule has 0 spiro atoms. The fraction of sp³-hybridized carbons (Fsp3) is 0.462. The maximum Gasteiger partial charge on any atom is 0.130 e. The molecule has 0 saturated carbocycles. The maximum atomic E-state index is 5.87. The SMILES string of the molecule is NC(=S)c1c(Br)cccc1OCC1CCOCC1. The smallest absolute Gasteiger partial charge is 0.130 e. The number of hydrogen-bond donors (Lipinski definition) is 1. The Morgan fingerprint density at radius 3 is 2.83 bits per heavy atom. The van der Waals surface area contributed by atoms with E-state index in [0.29, 0.717) is 17.5 Å². The average Bonchev–Trinajstić information content (AvgIpc) is 2.37. The summed E-state index contributed by atoms with van der Waals surface area (Å²) in [7, 11) is 0. The predicted octanol–water partition coefficient (Wildman–Crippen LogP) is 2.89. The highest BCUT2D eigenvalue weighted by Gasteiger charge is 2.16. The lowest BCUT2D eigenvalue weighted by Gasteiger charge is -2.22. The van der Waals surface area contributed by atoms with Crippen LogP contribution in [0.5, 0.6) is 5.75 Å². The molecule has 0 aromatic heterocycles. The van der Waals surface area contributed by atoms with Crippen molar-refractivity contribution < 1.29 is 9.47 Å². The van der Waals surface area contributed by atoms with Crippen molar-refractivity contribution in [2.24, 2.45) is 11.7 Å². The van der Waals surface area contributed by atoms with Gasteiger partial charge in [-0.3, -0.25) is 0 Å². The summed E-state index contributed by atoms with van der Waals surface area (Å²) in [6.45, 7) is 2.35. The quantitative estimate of drug-likeness (QED) is 0.862. The molecule has 0 atom stereocenters. The van der Waals surface area contributed by atoms with Crippen LogP contribution in [0.2, 0.25) is 0 Å². The summed E-state index contributed by atoms with van der Waals surface area (Å²) < 4.78 is 12.1. The van der Waals surface area contributed by atoms with Crippen LogP contribution in [-0.4, -0.2) is 24.8 Å². The van der Waals surface area contributed by atoms with Crippen LogP contribution in [0, 0.1) is 5.92 Å². The van der Waals surface area contributed by atoms with Gasteiger partial charge in [-0.1, -0.05) is 18.3 Å². The van der Waals surface area contributed by atoms with E-state index in [1.54, 1.807) is 0 Å². The Morgan fingerprint density at radius 2 is 2.17 bits per heavy atom.